The standard InChI is InChI=1S/C16H24F3N5O/c1-10-6-12(16(17,18)19)22-24(10)9-13(25)21-20-11-7-14(2,3)23-15(4,5)8-11/h6,23H,7-9H2,1-5H3,(H,21,25). The maximum absolute atomic E-state index is 12.7. The number of rotatable bonds is 3. The second kappa shape index (κ2) is 6.44. The molecular formula is C16H24F3N5O. The Hall–Kier alpha value is -1.90. The van der Waals surface area contributed by atoms with Gasteiger partial charge in [-0.15, -0.1) is 0 Å². The lowest BCUT2D eigenvalue weighted by Gasteiger charge is -2.43. The fourth-order valence-corrected chi connectivity index (χ4v) is 3.29. The molecule has 1 aliphatic heterocycles. The summed E-state index contributed by atoms with van der Waals surface area (Å²) in [7, 11) is 0. The zero-order chi connectivity index (χ0) is 19.0. The molecule has 1 fully saturated rings. The number of halogens is 3. The van der Waals surface area contributed by atoms with Gasteiger partial charge in [0, 0.05) is 35.3 Å². The van der Waals surface area contributed by atoms with Crippen LogP contribution >= 0.6 is 0 Å². The molecule has 0 unspecified atom stereocenters. The molecule has 0 aromatic carbocycles. The summed E-state index contributed by atoms with van der Waals surface area (Å²) in [5.41, 5.74) is 2.23. The molecule has 2 N–H and O–H groups in total. The van der Waals surface area contributed by atoms with Crippen LogP contribution in [0.2, 0.25) is 0 Å². The summed E-state index contributed by atoms with van der Waals surface area (Å²) in [5.74, 6) is -0.512. The van der Waals surface area contributed by atoms with Gasteiger partial charge in [0.25, 0.3) is 5.91 Å². The van der Waals surface area contributed by atoms with Gasteiger partial charge in [0.1, 0.15) is 6.54 Å². The quantitative estimate of drug-likeness (QED) is 0.815. The third-order valence-corrected chi connectivity index (χ3v) is 3.87. The van der Waals surface area contributed by atoms with Crippen molar-refractivity contribution in [2.24, 2.45) is 5.10 Å². The number of hydrogen-bond donors (Lipinski definition) is 2. The van der Waals surface area contributed by atoms with Crippen LogP contribution in [0.5, 0.6) is 0 Å². The van der Waals surface area contributed by atoms with Gasteiger partial charge in [-0.2, -0.15) is 23.4 Å². The molecule has 1 aromatic rings. The molecule has 2 heterocycles. The molecule has 0 spiro atoms. The Balaban J connectivity index is 2.02. The molecule has 6 nitrogen and oxygen atoms in total. The molecule has 0 aliphatic carbocycles. The van der Waals surface area contributed by atoms with Gasteiger partial charge in [0.2, 0.25) is 0 Å². The molecule has 1 aliphatic rings. The topological polar surface area (TPSA) is 71.3 Å². The van der Waals surface area contributed by atoms with E-state index in [0.29, 0.717) is 12.8 Å². The number of alkyl halides is 3. The monoisotopic (exact) mass is 359 g/mol. The van der Waals surface area contributed by atoms with Crippen LogP contribution in [0.15, 0.2) is 11.2 Å². The molecule has 25 heavy (non-hydrogen) atoms. The van der Waals surface area contributed by atoms with Crippen molar-refractivity contribution in [3.63, 3.8) is 0 Å². The lowest BCUT2D eigenvalue weighted by atomic mass is 9.81. The van der Waals surface area contributed by atoms with Crippen LogP contribution in [0.1, 0.15) is 51.9 Å². The summed E-state index contributed by atoms with van der Waals surface area (Å²) in [5, 5.41) is 11.1. The highest BCUT2D eigenvalue weighted by Crippen LogP contribution is 2.28. The average molecular weight is 359 g/mol. The Morgan fingerprint density at radius 1 is 1.32 bits per heavy atom. The lowest BCUT2D eigenvalue weighted by Crippen LogP contribution is -2.58. The minimum atomic E-state index is -4.53. The number of aryl methyl sites for hydroxylation is 1. The third kappa shape index (κ3) is 5.29. The van der Waals surface area contributed by atoms with E-state index in [1.54, 1.807) is 0 Å². The molecule has 2 rings (SSSR count). The number of hydrazone groups is 1. The largest absolute Gasteiger partial charge is 0.435 e. The van der Waals surface area contributed by atoms with Crippen LogP contribution in [-0.2, 0) is 17.5 Å². The summed E-state index contributed by atoms with van der Waals surface area (Å²) in [6.07, 6.45) is -3.18. The van der Waals surface area contributed by atoms with Crippen LogP contribution < -0.4 is 10.7 Å². The van der Waals surface area contributed by atoms with Crippen LogP contribution in [-0.4, -0.2) is 32.5 Å². The summed E-state index contributed by atoms with van der Waals surface area (Å²) in [4.78, 5) is 12.0. The number of nitrogens with one attached hydrogen (secondary N) is 2. The van der Waals surface area contributed by atoms with Gasteiger partial charge < -0.3 is 5.32 Å². The Kier molecular flexibility index (Phi) is 5.00. The zero-order valence-electron chi connectivity index (χ0n) is 15.1. The van der Waals surface area contributed by atoms with E-state index in [0.717, 1.165) is 16.5 Å². The van der Waals surface area contributed by atoms with Gasteiger partial charge in [-0.1, -0.05) is 0 Å². The second-order valence-electron chi connectivity index (χ2n) is 7.79. The SMILES string of the molecule is Cc1cc(C(F)(F)F)nn1CC(=O)NN=C1CC(C)(C)NC(C)(C)C1. The molecule has 0 atom stereocenters. The van der Waals surface area contributed by atoms with E-state index in [-0.39, 0.29) is 23.3 Å². The highest BCUT2D eigenvalue weighted by atomic mass is 19.4. The minimum absolute atomic E-state index is 0.147. The maximum atomic E-state index is 12.7. The van der Waals surface area contributed by atoms with E-state index in [2.05, 4.69) is 48.6 Å². The van der Waals surface area contributed by atoms with Gasteiger partial charge in [0.05, 0.1) is 0 Å². The molecular weight excluding hydrogens is 335 g/mol. The summed E-state index contributed by atoms with van der Waals surface area (Å²) in [6, 6.07) is 0.914. The van der Waals surface area contributed by atoms with E-state index in [1.807, 2.05) is 0 Å². The number of amides is 1. The van der Waals surface area contributed by atoms with E-state index in [4.69, 9.17) is 0 Å². The van der Waals surface area contributed by atoms with E-state index >= 15 is 0 Å². The fraction of sp³-hybridized carbons (Fsp3) is 0.688. The van der Waals surface area contributed by atoms with E-state index in [1.165, 1.54) is 6.92 Å². The van der Waals surface area contributed by atoms with Crippen LogP contribution in [0.3, 0.4) is 0 Å². The predicted octanol–water partition coefficient (Wildman–Crippen LogP) is 2.62. The normalized spacial score (nSPS) is 19.6. The van der Waals surface area contributed by atoms with Gasteiger partial charge in [-0.3, -0.25) is 9.48 Å². The van der Waals surface area contributed by atoms with Gasteiger partial charge >= 0.3 is 6.18 Å². The molecule has 1 amide bonds. The smallest absolute Gasteiger partial charge is 0.306 e. The Morgan fingerprint density at radius 3 is 2.36 bits per heavy atom. The number of piperidine rings is 1. The van der Waals surface area contributed by atoms with Gasteiger partial charge in [0.15, 0.2) is 5.69 Å². The van der Waals surface area contributed by atoms with Crippen molar-refractivity contribution in [3.8, 4) is 0 Å². The molecule has 1 aromatic heterocycles. The van der Waals surface area contributed by atoms with E-state index < -0.39 is 17.8 Å². The van der Waals surface area contributed by atoms with Crippen LogP contribution in [0.4, 0.5) is 13.2 Å². The van der Waals surface area contributed by atoms with Crippen molar-refractivity contribution < 1.29 is 18.0 Å². The van der Waals surface area contributed by atoms with Crippen molar-refractivity contribution >= 4 is 11.6 Å². The van der Waals surface area contributed by atoms with Crippen molar-refractivity contribution in [3.05, 3.63) is 17.5 Å². The maximum Gasteiger partial charge on any atom is 0.435 e. The van der Waals surface area contributed by atoms with Crippen molar-refractivity contribution in [1.82, 2.24) is 20.5 Å². The Labute approximate surface area is 144 Å². The Bertz CT molecular complexity index is 670. The van der Waals surface area contributed by atoms with Crippen LogP contribution in [0, 0.1) is 6.92 Å². The molecule has 0 bridgehead atoms. The number of nitrogens with zero attached hydrogens (tertiary/aromatic N) is 3. The van der Waals surface area contributed by atoms with Gasteiger partial charge in [-0.25, -0.2) is 5.43 Å². The third-order valence-electron chi connectivity index (χ3n) is 3.87. The van der Waals surface area contributed by atoms with Crippen LogP contribution in [0.25, 0.3) is 0 Å². The predicted molar refractivity (Wildman–Crippen MR) is 88.1 cm³/mol. The highest BCUT2D eigenvalue weighted by molar-refractivity contribution is 5.88. The molecule has 0 radical (unpaired) electrons. The zero-order valence-corrected chi connectivity index (χ0v) is 15.1. The van der Waals surface area contributed by atoms with Crippen molar-refractivity contribution in [2.75, 3.05) is 0 Å². The van der Waals surface area contributed by atoms with Crippen molar-refractivity contribution in [1.29, 1.82) is 0 Å². The first kappa shape index (κ1) is 19.4. The number of aromatic nitrogens is 2. The first-order chi connectivity index (χ1) is 11.3. The summed E-state index contributed by atoms with van der Waals surface area (Å²) >= 11 is 0. The highest BCUT2D eigenvalue weighted by Gasteiger charge is 2.36. The minimum Gasteiger partial charge on any atom is -0.306 e. The first-order valence-electron chi connectivity index (χ1n) is 8.03. The summed E-state index contributed by atoms with van der Waals surface area (Å²) < 4.78 is 39.0. The lowest BCUT2D eigenvalue weighted by molar-refractivity contribution is -0.141. The fourth-order valence-electron chi connectivity index (χ4n) is 3.29. The van der Waals surface area contributed by atoms with Crippen molar-refractivity contribution in [2.45, 2.75) is 71.3 Å². The summed E-state index contributed by atoms with van der Waals surface area (Å²) in [6.45, 7) is 9.37. The second-order valence-corrected chi connectivity index (χ2v) is 7.79. The number of carbonyl (C=O) groups excluding carboxylic acids is 1. The van der Waals surface area contributed by atoms with E-state index in [9.17, 15) is 18.0 Å². The molecule has 0 saturated carbocycles. The van der Waals surface area contributed by atoms with Gasteiger partial charge in [-0.05, 0) is 40.7 Å². The molecule has 140 valence electrons. The molecule has 9 heteroatoms. The number of hydrogen-bond acceptors (Lipinski definition) is 4. The Morgan fingerprint density at radius 2 is 1.88 bits per heavy atom. The first-order valence-corrected chi connectivity index (χ1v) is 8.03. The number of carbonyl (C=O) groups is 1. The average Bonchev–Trinajstić information content (AvgIpc) is 2.74. The molecule has 1 saturated heterocycles.